The van der Waals surface area contributed by atoms with Crippen molar-refractivity contribution >= 4 is 11.8 Å². The summed E-state index contributed by atoms with van der Waals surface area (Å²) in [4.78, 5) is 1.24. The van der Waals surface area contributed by atoms with Crippen LogP contribution in [0, 0.1) is 12.7 Å². The second-order valence-corrected chi connectivity index (χ2v) is 5.84. The Labute approximate surface area is 124 Å². The van der Waals surface area contributed by atoms with Crippen LogP contribution in [0.25, 0.3) is 0 Å². The lowest BCUT2D eigenvalue weighted by molar-refractivity contribution is 0.585. The van der Waals surface area contributed by atoms with Crippen LogP contribution >= 0.6 is 11.8 Å². The van der Waals surface area contributed by atoms with Gasteiger partial charge in [-0.25, -0.2) is 4.39 Å². The molecule has 1 N–H and O–H groups in total. The van der Waals surface area contributed by atoms with E-state index in [4.69, 9.17) is 0 Å². The zero-order valence-corrected chi connectivity index (χ0v) is 12.7. The molecule has 0 amide bonds. The first-order chi connectivity index (χ1) is 9.70. The Kier molecular flexibility index (Phi) is 5.62. The van der Waals surface area contributed by atoms with Crippen LogP contribution in [-0.4, -0.2) is 12.3 Å². The second-order valence-electron chi connectivity index (χ2n) is 4.74. The molecule has 20 heavy (non-hydrogen) atoms. The van der Waals surface area contributed by atoms with E-state index in [0.717, 1.165) is 17.9 Å². The third-order valence-electron chi connectivity index (χ3n) is 3.21. The molecule has 0 bridgehead atoms. The van der Waals surface area contributed by atoms with E-state index in [1.165, 1.54) is 4.90 Å². The van der Waals surface area contributed by atoms with Crippen molar-refractivity contribution in [3.63, 3.8) is 0 Å². The molecule has 0 aromatic heterocycles. The maximum absolute atomic E-state index is 13.7. The van der Waals surface area contributed by atoms with E-state index < -0.39 is 0 Å². The predicted octanol–water partition coefficient (Wildman–Crippen LogP) is 4.58. The van der Waals surface area contributed by atoms with Gasteiger partial charge in [0.05, 0.1) is 0 Å². The standard InChI is InChI=1S/C17H20FNS/c1-3-19-17(12-20-15-7-5-4-6-8-15)14-10-9-13(2)16(18)11-14/h4-11,17,19H,3,12H2,1-2H3. The molecule has 2 aromatic rings. The van der Waals surface area contributed by atoms with Crippen LogP contribution in [0.4, 0.5) is 4.39 Å². The molecule has 0 aliphatic rings. The minimum Gasteiger partial charge on any atom is -0.309 e. The van der Waals surface area contributed by atoms with Crippen molar-refractivity contribution in [2.45, 2.75) is 24.8 Å². The largest absolute Gasteiger partial charge is 0.309 e. The molecule has 1 atom stereocenters. The summed E-state index contributed by atoms with van der Waals surface area (Å²) in [7, 11) is 0. The minimum absolute atomic E-state index is 0.130. The van der Waals surface area contributed by atoms with E-state index in [2.05, 4.69) is 24.4 Å². The summed E-state index contributed by atoms with van der Waals surface area (Å²) < 4.78 is 13.7. The van der Waals surface area contributed by atoms with E-state index in [9.17, 15) is 4.39 Å². The molecule has 0 saturated carbocycles. The first-order valence-corrected chi connectivity index (χ1v) is 7.86. The summed E-state index contributed by atoms with van der Waals surface area (Å²) in [6.45, 7) is 4.74. The number of aryl methyl sites for hydroxylation is 1. The molecule has 0 aliphatic heterocycles. The highest BCUT2D eigenvalue weighted by Crippen LogP contribution is 2.25. The molecular formula is C17H20FNS. The fourth-order valence-corrected chi connectivity index (χ4v) is 3.06. The highest BCUT2D eigenvalue weighted by molar-refractivity contribution is 7.99. The van der Waals surface area contributed by atoms with E-state index in [1.807, 2.05) is 30.3 Å². The first kappa shape index (κ1) is 15.1. The summed E-state index contributed by atoms with van der Waals surface area (Å²) >= 11 is 1.79. The minimum atomic E-state index is -0.130. The molecule has 2 aromatic carbocycles. The number of hydrogen-bond acceptors (Lipinski definition) is 2. The SMILES string of the molecule is CCNC(CSc1ccccc1)c1ccc(C)c(F)c1. The monoisotopic (exact) mass is 289 g/mol. The van der Waals surface area contributed by atoms with E-state index in [0.29, 0.717) is 5.56 Å². The second kappa shape index (κ2) is 7.46. The average Bonchev–Trinajstić information content (AvgIpc) is 2.47. The van der Waals surface area contributed by atoms with Crippen molar-refractivity contribution in [3.8, 4) is 0 Å². The number of halogens is 1. The Hall–Kier alpha value is -1.32. The van der Waals surface area contributed by atoms with Gasteiger partial charge >= 0.3 is 0 Å². The molecule has 106 valence electrons. The molecule has 1 nitrogen and oxygen atoms in total. The summed E-state index contributed by atoms with van der Waals surface area (Å²) in [5.41, 5.74) is 1.71. The molecule has 0 saturated heterocycles. The molecule has 0 heterocycles. The van der Waals surface area contributed by atoms with Gasteiger partial charge in [0.2, 0.25) is 0 Å². The van der Waals surface area contributed by atoms with Crippen LogP contribution in [0.15, 0.2) is 53.4 Å². The zero-order chi connectivity index (χ0) is 14.4. The van der Waals surface area contributed by atoms with E-state index >= 15 is 0 Å². The van der Waals surface area contributed by atoms with E-state index in [-0.39, 0.29) is 11.9 Å². The lowest BCUT2D eigenvalue weighted by Gasteiger charge is -2.18. The number of nitrogens with one attached hydrogen (secondary N) is 1. The van der Waals surface area contributed by atoms with Gasteiger partial charge in [-0.2, -0.15) is 0 Å². The van der Waals surface area contributed by atoms with Gasteiger partial charge in [-0.05, 0) is 42.8 Å². The zero-order valence-electron chi connectivity index (χ0n) is 11.9. The molecule has 3 heteroatoms. The molecule has 0 aliphatic carbocycles. The Morgan fingerprint density at radius 1 is 1.15 bits per heavy atom. The summed E-state index contributed by atoms with van der Waals surface area (Å²) in [6.07, 6.45) is 0. The van der Waals surface area contributed by atoms with Crippen LogP contribution in [0.5, 0.6) is 0 Å². The van der Waals surface area contributed by atoms with Gasteiger partial charge in [0.15, 0.2) is 0 Å². The van der Waals surface area contributed by atoms with Gasteiger partial charge in [-0.1, -0.05) is 37.3 Å². The molecule has 0 spiro atoms. The van der Waals surface area contributed by atoms with E-state index in [1.54, 1.807) is 24.8 Å². The number of benzene rings is 2. The van der Waals surface area contributed by atoms with Crippen LogP contribution in [0.1, 0.15) is 24.1 Å². The lowest BCUT2D eigenvalue weighted by atomic mass is 10.1. The number of hydrogen-bond donors (Lipinski definition) is 1. The van der Waals surface area contributed by atoms with Crippen LogP contribution in [0.2, 0.25) is 0 Å². The quantitative estimate of drug-likeness (QED) is 0.781. The highest BCUT2D eigenvalue weighted by Gasteiger charge is 2.12. The molecular weight excluding hydrogens is 269 g/mol. The van der Waals surface area contributed by atoms with Crippen molar-refractivity contribution in [3.05, 3.63) is 65.5 Å². The van der Waals surface area contributed by atoms with Crippen molar-refractivity contribution < 1.29 is 4.39 Å². The normalized spacial score (nSPS) is 12.3. The Balaban J connectivity index is 2.08. The van der Waals surface area contributed by atoms with Gasteiger partial charge < -0.3 is 5.32 Å². The molecule has 0 fully saturated rings. The molecule has 1 unspecified atom stereocenters. The molecule has 2 rings (SSSR count). The third-order valence-corrected chi connectivity index (χ3v) is 4.31. The average molecular weight is 289 g/mol. The smallest absolute Gasteiger partial charge is 0.126 e. The van der Waals surface area contributed by atoms with Gasteiger partial charge in [0.1, 0.15) is 5.82 Å². The summed E-state index contributed by atoms with van der Waals surface area (Å²) in [6, 6.07) is 16.0. The summed E-state index contributed by atoms with van der Waals surface area (Å²) in [5, 5.41) is 3.43. The topological polar surface area (TPSA) is 12.0 Å². The maximum atomic E-state index is 13.7. The van der Waals surface area contributed by atoms with Crippen molar-refractivity contribution in [2.24, 2.45) is 0 Å². The summed E-state index contributed by atoms with van der Waals surface area (Å²) in [5.74, 6) is 0.760. The van der Waals surface area contributed by atoms with Crippen LogP contribution in [0.3, 0.4) is 0 Å². The fourth-order valence-electron chi connectivity index (χ4n) is 2.04. The number of thioether (sulfide) groups is 1. The van der Waals surface area contributed by atoms with Crippen LogP contribution in [-0.2, 0) is 0 Å². The van der Waals surface area contributed by atoms with Gasteiger partial charge in [0.25, 0.3) is 0 Å². The predicted molar refractivity (Wildman–Crippen MR) is 84.7 cm³/mol. The van der Waals surface area contributed by atoms with Gasteiger partial charge in [0, 0.05) is 16.7 Å². The Morgan fingerprint density at radius 2 is 1.90 bits per heavy atom. The first-order valence-electron chi connectivity index (χ1n) is 6.88. The third kappa shape index (κ3) is 4.09. The lowest BCUT2D eigenvalue weighted by Crippen LogP contribution is -2.23. The van der Waals surface area contributed by atoms with Crippen molar-refractivity contribution in [2.75, 3.05) is 12.3 Å². The Morgan fingerprint density at radius 3 is 2.55 bits per heavy atom. The highest BCUT2D eigenvalue weighted by atomic mass is 32.2. The fraction of sp³-hybridized carbons (Fsp3) is 0.294. The van der Waals surface area contributed by atoms with Gasteiger partial charge in [-0.3, -0.25) is 0 Å². The Bertz CT molecular complexity index is 542. The maximum Gasteiger partial charge on any atom is 0.126 e. The van der Waals surface area contributed by atoms with Crippen molar-refractivity contribution in [1.29, 1.82) is 0 Å². The van der Waals surface area contributed by atoms with Crippen LogP contribution < -0.4 is 5.32 Å². The van der Waals surface area contributed by atoms with Gasteiger partial charge in [-0.15, -0.1) is 11.8 Å². The molecule has 0 radical (unpaired) electrons. The number of rotatable bonds is 6. The van der Waals surface area contributed by atoms with Crippen molar-refractivity contribution in [1.82, 2.24) is 5.32 Å².